The van der Waals surface area contributed by atoms with E-state index in [9.17, 15) is 19.5 Å². The van der Waals surface area contributed by atoms with Crippen molar-refractivity contribution < 1.29 is 24.2 Å². The zero-order chi connectivity index (χ0) is 15.5. The molecule has 0 aliphatic heterocycles. The number of ether oxygens (including phenoxy) is 1. The molecule has 2 fully saturated rings. The minimum absolute atomic E-state index is 0.00175. The summed E-state index contributed by atoms with van der Waals surface area (Å²) in [6.07, 6.45) is 4.55. The van der Waals surface area contributed by atoms with Gasteiger partial charge in [-0.1, -0.05) is 12.8 Å². The molecule has 118 valence electrons. The van der Waals surface area contributed by atoms with Crippen molar-refractivity contribution in [2.75, 3.05) is 13.2 Å². The molecule has 2 rings (SSSR count). The molecule has 2 saturated carbocycles. The first-order valence-electron chi connectivity index (χ1n) is 7.67. The van der Waals surface area contributed by atoms with Crippen LogP contribution in [0, 0.1) is 5.41 Å². The zero-order valence-corrected chi connectivity index (χ0v) is 12.5. The van der Waals surface area contributed by atoms with E-state index < -0.39 is 17.4 Å². The van der Waals surface area contributed by atoms with Crippen molar-refractivity contribution in [2.45, 2.75) is 57.9 Å². The van der Waals surface area contributed by atoms with Crippen molar-refractivity contribution in [1.82, 2.24) is 4.90 Å². The van der Waals surface area contributed by atoms with Crippen molar-refractivity contribution in [3.8, 4) is 0 Å². The lowest BCUT2D eigenvalue weighted by Gasteiger charge is -2.28. The molecule has 21 heavy (non-hydrogen) atoms. The minimum atomic E-state index is -0.932. The Morgan fingerprint density at radius 3 is 2.33 bits per heavy atom. The molecule has 0 unspecified atom stereocenters. The summed E-state index contributed by atoms with van der Waals surface area (Å²) in [5, 5.41) is 9.45. The second-order valence-electron chi connectivity index (χ2n) is 6.03. The summed E-state index contributed by atoms with van der Waals surface area (Å²) >= 11 is 0. The van der Waals surface area contributed by atoms with Crippen LogP contribution in [0.5, 0.6) is 0 Å². The maximum absolute atomic E-state index is 12.5. The lowest BCUT2D eigenvalue weighted by Crippen LogP contribution is -2.42. The maximum atomic E-state index is 12.5. The van der Waals surface area contributed by atoms with E-state index in [0.717, 1.165) is 25.7 Å². The van der Waals surface area contributed by atoms with Gasteiger partial charge in [0.05, 0.1) is 12.0 Å². The summed E-state index contributed by atoms with van der Waals surface area (Å²) in [7, 11) is 0. The van der Waals surface area contributed by atoms with Crippen LogP contribution in [-0.2, 0) is 19.1 Å². The molecule has 2 aliphatic rings. The monoisotopic (exact) mass is 297 g/mol. The first kappa shape index (κ1) is 15.8. The Morgan fingerprint density at radius 1 is 1.24 bits per heavy atom. The second kappa shape index (κ2) is 6.45. The number of hydrogen-bond donors (Lipinski definition) is 1. The smallest absolute Gasteiger partial charge is 0.325 e. The standard InChI is InChI=1S/C15H23NO5/c1-2-21-13(18)10-16(11-5-6-11)12(17)9-15(14(19)20)7-3-4-8-15/h11H,2-10H2,1H3,(H,19,20). The predicted octanol–water partition coefficient (Wildman–Crippen LogP) is 1.58. The molecule has 0 saturated heterocycles. The summed E-state index contributed by atoms with van der Waals surface area (Å²) < 4.78 is 4.89. The van der Waals surface area contributed by atoms with E-state index in [4.69, 9.17) is 4.74 Å². The SMILES string of the molecule is CCOC(=O)CN(C(=O)CC1(C(=O)O)CCCC1)C1CC1. The topological polar surface area (TPSA) is 83.9 Å². The van der Waals surface area contributed by atoms with Gasteiger partial charge in [0.1, 0.15) is 6.54 Å². The largest absolute Gasteiger partial charge is 0.481 e. The third-order valence-corrected chi connectivity index (χ3v) is 4.42. The van der Waals surface area contributed by atoms with Crippen LogP contribution in [0.3, 0.4) is 0 Å². The molecule has 6 nitrogen and oxygen atoms in total. The molecular formula is C15H23NO5. The molecule has 1 amide bonds. The summed E-state index contributed by atoms with van der Waals surface area (Å²) in [4.78, 5) is 37.1. The van der Waals surface area contributed by atoms with E-state index in [1.54, 1.807) is 6.92 Å². The van der Waals surface area contributed by atoms with Crippen LogP contribution in [0.15, 0.2) is 0 Å². The Kier molecular flexibility index (Phi) is 4.85. The van der Waals surface area contributed by atoms with Gasteiger partial charge < -0.3 is 14.7 Å². The van der Waals surface area contributed by atoms with Gasteiger partial charge in [-0.25, -0.2) is 0 Å². The van der Waals surface area contributed by atoms with Crippen LogP contribution in [0.4, 0.5) is 0 Å². The van der Waals surface area contributed by atoms with E-state index in [2.05, 4.69) is 0 Å². The number of aliphatic carboxylic acids is 1. The molecule has 0 aromatic heterocycles. The molecule has 0 atom stereocenters. The Hall–Kier alpha value is -1.59. The number of nitrogens with zero attached hydrogens (tertiary/aromatic N) is 1. The van der Waals surface area contributed by atoms with Gasteiger partial charge in [-0.15, -0.1) is 0 Å². The Labute approximate surface area is 124 Å². The fourth-order valence-corrected chi connectivity index (χ4v) is 3.06. The first-order valence-corrected chi connectivity index (χ1v) is 7.67. The molecule has 0 heterocycles. The zero-order valence-electron chi connectivity index (χ0n) is 12.5. The number of carboxylic acids is 1. The minimum Gasteiger partial charge on any atom is -0.481 e. The third kappa shape index (κ3) is 3.74. The average Bonchev–Trinajstić information content (AvgIpc) is 3.15. The number of carboxylic acid groups (broad SMARTS) is 1. The Morgan fingerprint density at radius 2 is 1.86 bits per heavy atom. The number of amides is 1. The molecule has 1 N–H and O–H groups in total. The highest BCUT2D eigenvalue weighted by Gasteiger charge is 2.45. The van der Waals surface area contributed by atoms with Crippen LogP contribution in [0.25, 0.3) is 0 Å². The number of carbonyl (C=O) groups is 3. The van der Waals surface area contributed by atoms with E-state index >= 15 is 0 Å². The van der Waals surface area contributed by atoms with E-state index in [-0.39, 0.29) is 31.5 Å². The van der Waals surface area contributed by atoms with Crippen LogP contribution in [0.2, 0.25) is 0 Å². The molecule has 2 aliphatic carbocycles. The second-order valence-corrected chi connectivity index (χ2v) is 6.03. The Balaban J connectivity index is 2.01. The lowest BCUT2D eigenvalue weighted by molar-refractivity contribution is -0.155. The summed E-state index contributed by atoms with van der Waals surface area (Å²) in [6.45, 7) is 1.94. The molecule has 0 aromatic carbocycles. The highest BCUT2D eigenvalue weighted by atomic mass is 16.5. The van der Waals surface area contributed by atoms with Gasteiger partial charge in [0, 0.05) is 12.5 Å². The first-order chi connectivity index (χ1) is 9.98. The highest BCUT2D eigenvalue weighted by Crippen LogP contribution is 2.42. The third-order valence-electron chi connectivity index (χ3n) is 4.42. The van der Waals surface area contributed by atoms with Crippen LogP contribution in [-0.4, -0.2) is 47.0 Å². The van der Waals surface area contributed by atoms with Gasteiger partial charge >= 0.3 is 11.9 Å². The number of carbonyl (C=O) groups excluding carboxylic acids is 2. The van der Waals surface area contributed by atoms with Gasteiger partial charge in [0.2, 0.25) is 5.91 Å². The van der Waals surface area contributed by atoms with Crippen molar-refractivity contribution in [1.29, 1.82) is 0 Å². The van der Waals surface area contributed by atoms with Crippen molar-refractivity contribution in [3.63, 3.8) is 0 Å². The molecule has 6 heteroatoms. The molecule has 0 spiro atoms. The van der Waals surface area contributed by atoms with Crippen molar-refractivity contribution in [3.05, 3.63) is 0 Å². The van der Waals surface area contributed by atoms with Crippen molar-refractivity contribution in [2.24, 2.45) is 5.41 Å². The van der Waals surface area contributed by atoms with Crippen molar-refractivity contribution >= 4 is 17.8 Å². The highest BCUT2D eigenvalue weighted by molar-refractivity contribution is 5.87. The number of rotatable bonds is 7. The fourth-order valence-electron chi connectivity index (χ4n) is 3.06. The summed E-state index contributed by atoms with van der Waals surface area (Å²) in [6, 6.07) is 0.0779. The van der Waals surface area contributed by atoms with E-state index in [1.807, 2.05) is 0 Å². The van der Waals surface area contributed by atoms with Crippen LogP contribution >= 0.6 is 0 Å². The normalized spacial score (nSPS) is 20.0. The average molecular weight is 297 g/mol. The maximum Gasteiger partial charge on any atom is 0.325 e. The lowest BCUT2D eigenvalue weighted by atomic mass is 9.82. The van der Waals surface area contributed by atoms with Crippen LogP contribution < -0.4 is 0 Å². The van der Waals surface area contributed by atoms with E-state index in [1.165, 1.54) is 4.90 Å². The molecule has 0 radical (unpaired) electrons. The van der Waals surface area contributed by atoms with E-state index in [0.29, 0.717) is 12.8 Å². The van der Waals surface area contributed by atoms with Gasteiger partial charge in [-0.05, 0) is 32.6 Å². The number of esters is 1. The summed E-state index contributed by atoms with van der Waals surface area (Å²) in [5.41, 5.74) is -0.932. The van der Waals surface area contributed by atoms with Gasteiger partial charge in [-0.2, -0.15) is 0 Å². The molecule has 0 aromatic rings. The quantitative estimate of drug-likeness (QED) is 0.721. The Bertz CT molecular complexity index is 424. The van der Waals surface area contributed by atoms with Crippen LogP contribution in [0.1, 0.15) is 51.9 Å². The summed E-state index contributed by atoms with van der Waals surface area (Å²) in [5.74, 6) is -1.54. The van der Waals surface area contributed by atoms with Gasteiger partial charge in [0.25, 0.3) is 0 Å². The molecule has 0 bridgehead atoms. The number of hydrogen-bond acceptors (Lipinski definition) is 4. The van der Waals surface area contributed by atoms with Gasteiger partial charge in [-0.3, -0.25) is 14.4 Å². The van der Waals surface area contributed by atoms with Gasteiger partial charge in [0.15, 0.2) is 0 Å². The molecular weight excluding hydrogens is 274 g/mol. The predicted molar refractivity (Wildman–Crippen MR) is 74.5 cm³/mol. The fraction of sp³-hybridized carbons (Fsp3) is 0.800.